The lowest BCUT2D eigenvalue weighted by atomic mass is 10.00. The minimum absolute atomic E-state index is 0.509. The highest BCUT2D eigenvalue weighted by Crippen LogP contribution is 2.37. The molecule has 1 fully saturated rings. The second kappa shape index (κ2) is 7.82. The molecule has 4 rings (SSSR count). The van der Waals surface area contributed by atoms with Crippen LogP contribution < -0.4 is 0 Å². The van der Waals surface area contributed by atoms with Crippen molar-refractivity contribution in [2.45, 2.75) is 12.8 Å². The Morgan fingerprint density at radius 3 is 2.52 bits per heavy atom. The van der Waals surface area contributed by atoms with Crippen LogP contribution in [0.15, 0.2) is 42.5 Å². The van der Waals surface area contributed by atoms with Gasteiger partial charge in [0, 0.05) is 13.1 Å². The van der Waals surface area contributed by atoms with E-state index in [2.05, 4.69) is 42.5 Å². The summed E-state index contributed by atoms with van der Waals surface area (Å²) in [6, 6.07) is 17.0. The Kier molecular flexibility index (Phi) is 5.32. The number of carboxylic acid groups (broad SMARTS) is 1. The van der Waals surface area contributed by atoms with E-state index in [4.69, 9.17) is 15.1 Å². The first-order chi connectivity index (χ1) is 12.2. The molecule has 0 bridgehead atoms. The molecule has 1 aliphatic carbocycles. The first-order valence-corrected chi connectivity index (χ1v) is 8.32. The molecular weight excluding hydrogens is 316 g/mol. The summed E-state index contributed by atoms with van der Waals surface area (Å²) in [4.78, 5) is 11.6. The average molecular weight is 336 g/mol. The van der Waals surface area contributed by atoms with E-state index in [0.29, 0.717) is 32.7 Å². The summed E-state index contributed by atoms with van der Waals surface area (Å²) in [5.41, 5.74) is 6.53. The summed E-state index contributed by atoms with van der Waals surface area (Å²) >= 11 is 0. The third kappa shape index (κ3) is 3.81. The van der Waals surface area contributed by atoms with Crippen LogP contribution in [0.3, 0.4) is 0 Å². The topological polar surface area (TPSA) is 73.6 Å². The normalized spacial score (nSPS) is 14.6. The summed E-state index contributed by atoms with van der Waals surface area (Å²) in [6.45, 7) is 2.09. The maximum absolute atomic E-state index is 10.2. The fourth-order valence-corrected chi connectivity index (χ4v) is 3.23. The lowest BCUT2D eigenvalue weighted by molar-refractivity contribution is 0.0392. The van der Waals surface area contributed by atoms with E-state index in [-0.39, 0.29) is 0 Å². The highest BCUT2D eigenvalue weighted by molar-refractivity contribution is 5.77. The van der Waals surface area contributed by atoms with Crippen molar-refractivity contribution in [2.24, 2.45) is 0 Å². The molecule has 0 aromatic heterocycles. The zero-order valence-corrected chi connectivity index (χ0v) is 13.9. The zero-order chi connectivity index (χ0) is 17.6. The van der Waals surface area contributed by atoms with E-state index in [1.165, 1.54) is 32.7 Å². The van der Waals surface area contributed by atoms with Crippen LogP contribution in [0.2, 0.25) is 0 Å². The molecule has 2 aromatic carbocycles. The average Bonchev–Trinajstić information content (AvgIpc) is 3.03. The van der Waals surface area contributed by atoms with Crippen molar-refractivity contribution in [1.82, 2.24) is 4.90 Å². The molecule has 128 valence electrons. The molecule has 1 heterocycles. The van der Waals surface area contributed by atoms with Gasteiger partial charge in [-0.15, -0.1) is 0 Å². The van der Waals surface area contributed by atoms with Crippen molar-refractivity contribution in [1.29, 1.82) is 5.26 Å². The second-order valence-electron chi connectivity index (χ2n) is 5.99. The van der Waals surface area contributed by atoms with Crippen LogP contribution in [0.1, 0.15) is 16.7 Å². The van der Waals surface area contributed by atoms with E-state index < -0.39 is 6.09 Å². The van der Waals surface area contributed by atoms with E-state index in [9.17, 15) is 4.79 Å². The molecule has 5 nitrogen and oxygen atoms in total. The van der Waals surface area contributed by atoms with Gasteiger partial charge >= 0.3 is 6.09 Å². The lowest BCUT2D eigenvalue weighted by Crippen LogP contribution is -2.39. The van der Waals surface area contributed by atoms with Gasteiger partial charge in [-0.05, 0) is 34.2 Å². The van der Waals surface area contributed by atoms with Gasteiger partial charge in [-0.25, -0.2) is 4.79 Å². The number of benzene rings is 2. The molecule has 0 unspecified atom stereocenters. The predicted molar refractivity (Wildman–Crippen MR) is 94.4 cm³/mol. The van der Waals surface area contributed by atoms with Gasteiger partial charge < -0.3 is 14.7 Å². The fraction of sp³-hybridized carbons (Fsp3) is 0.300. The standard InChI is InChI=1S/C15H11N.C5H9NO3/c16-9-8-11-5-3-7-14-13-6-2-1-4-12(13)10-15(11)14;7-5(8)6-1-3-9-4-2-6/h1-7H,8,10H2;1-4H2,(H,7,8). The third-order valence-electron chi connectivity index (χ3n) is 4.50. The Hall–Kier alpha value is -2.84. The summed E-state index contributed by atoms with van der Waals surface area (Å²) in [7, 11) is 0. The van der Waals surface area contributed by atoms with Crippen LogP contribution in [0.25, 0.3) is 11.1 Å². The predicted octanol–water partition coefficient (Wildman–Crippen LogP) is 3.32. The first-order valence-electron chi connectivity index (χ1n) is 8.32. The minimum Gasteiger partial charge on any atom is -0.465 e. The number of hydrogen-bond acceptors (Lipinski definition) is 3. The van der Waals surface area contributed by atoms with Crippen molar-refractivity contribution >= 4 is 6.09 Å². The molecule has 1 N–H and O–H groups in total. The molecule has 1 saturated heterocycles. The number of rotatable bonds is 1. The van der Waals surface area contributed by atoms with Gasteiger partial charge in [0.1, 0.15) is 0 Å². The summed E-state index contributed by atoms with van der Waals surface area (Å²) in [5, 5.41) is 17.2. The monoisotopic (exact) mass is 336 g/mol. The van der Waals surface area contributed by atoms with Crippen LogP contribution in [0.5, 0.6) is 0 Å². The molecule has 0 radical (unpaired) electrons. The quantitative estimate of drug-likeness (QED) is 0.740. The van der Waals surface area contributed by atoms with Crippen LogP contribution in [-0.2, 0) is 17.6 Å². The Balaban J connectivity index is 0.000000173. The summed E-state index contributed by atoms with van der Waals surface area (Å²) in [6.07, 6.45) is 0.638. The zero-order valence-electron chi connectivity index (χ0n) is 13.9. The number of fused-ring (bicyclic) bond motifs is 3. The molecule has 25 heavy (non-hydrogen) atoms. The SMILES string of the molecule is N#CCc1cccc2c1Cc1ccccc1-2.O=C(O)N1CCOCC1. The fourth-order valence-electron chi connectivity index (χ4n) is 3.23. The number of amides is 1. The van der Waals surface area contributed by atoms with Crippen molar-refractivity contribution < 1.29 is 14.6 Å². The van der Waals surface area contributed by atoms with Crippen LogP contribution in [0, 0.1) is 11.3 Å². The van der Waals surface area contributed by atoms with E-state index in [1.54, 1.807) is 0 Å². The van der Waals surface area contributed by atoms with Gasteiger partial charge in [0.25, 0.3) is 0 Å². The second-order valence-corrected chi connectivity index (χ2v) is 5.99. The van der Waals surface area contributed by atoms with Crippen molar-refractivity contribution in [3.8, 4) is 17.2 Å². The maximum atomic E-state index is 10.2. The molecule has 1 amide bonds. The van der Waals surface area contributed by atoms with Crippen LogP contribution >= 0.6 is 0 Å². The first kappa shape index (κ1) is 17.0. The molecule has 0 saturated carbocycles. The van der Waals surface area contributed by atoms with Gasteiger partial charge in [-0.1, -0.05) is 42.5 Å². The molecule has 0 atom stereocenters. The van der Waals surface area contributed by atoms with Crippen molar-refractivity contribution in [2.75, 3.05) is 26.3 Å². The smallest absolute Gasteiger partial charge is 0.407 e. The van der Waals surface area contributed by atoms with Gasteiger partial charge in [0.2, 0.25) is 0 Å². The van der Waals surface area contributed by atoms with Gasteiger partial charge in [-0.2, -0.15) is 5.26 Å². The molecular formula is C20H20N2O3. The van der Waals surface area contributed by atoms with Crippen LogP contribution in [-0.4, -0.2) is 42.4 Å². The Morgan fingerprint density at radius 1 is 1.12 bits per heavy atom. The number of carbonyl (C=O) groups is 1. The van der Waals surface area contributed by atoms with Crippen LogP contribution in [0.4, 0.5) is 4.79 Å². The number of morpholine rings is 1. The molecule has 0 spiro atoms. The van der Waals surface area contributed by atoms with Gasteiger partial charge in [0.15, 0.2) is 0 Å². The molecule has 1 aliphatic heterocycles. The third-order valence-corrected chi connectivity index (χ3v) is 4.50. The van der Waals surface area contributed by atoms with E-state index in [0.717, 1.165) is 6.42 Å². The lowest BCUT2D eigenvalue weighted by Gasteiger charge is -2.23. The Bertz CT molecular complexity index is 805. The summed E-state index contributed by atoms with van der Waals surface area (Å²) in [5.74, 6) is 0. The number of nitriles is 1. The molecule has 2 aromatic rings. The summed E-state index contributed by atoms with van der Waals surface area (Å²) < 4.78 is 4.94. The van der Waals surface area contributed by atoms with Gasteiger partial charge in [-0.3, -0.25) is 0 Å². The van der Waals surface area contributed by atoms with E-state index >= 15 is 0 Å². The number of nitrogens with zero attached hydrogens (tertiary/aromatic N) is 2. The largest absolute Gasteiger partial charge is 0.465 e. The molecule has 5 heteroatoms. The number of hydrogen-bond donors (Lipinski definition) is 1. The number of ether oxygens (including phenoxy) is 1. The minimum atomic E-state index is -0.849. The van der Waals surface area contributed by atoms with Crippen molar-refractivity contribution in [3.05, 3.63) is 59.2 Å². The van der Waals surface area contributed by atoms with E-state index in [1.807, 2.05) is 6.07 Å². The highest BCUT2D eigenvalue weighted by Gasteiger charge is 2.19. The Labute approximate surface area is 147 Å². The Morgan fingerprint density at radius 2 is 1.84 bits per heavy atom. The molecule has 2 aliphatic rings. The van der Waals surface area contributed by atoms with Gasteiger partial charge in [0.05, 0.1) is 25.7 Å². The maximum Gasteiger partial charge on any atom is 0.407 e. The van der Waals surface area contributed by atoms with Crippen molar-refractivity contribution in [3.63, 3.8) is 0 Å². The highest BCUT2D eigenvalue weighted by atomic mass is 16.5.